The maximum atomic E-state index is 12.0. The van der Waals surface area contributed by atoms with Gasteiger partial charge < -0.3 is 4.90 Å². The molecule has 0 aliphatic carbocycles. The molecule has 2 unspecified atom stereocenters. The quantitative estimate of drug-likeness (QED) is 0.723. The van der Waals surface area contributed by atoms with Gasteiger partial charge in [-0.1, -0.05) is 20.4 Å². The number of nitrogens with one attached hydrogen (secondary N) is 1. The average molecular weight is 267 g/mol. The molecule has 6 nitrogen and oxygen atoms in total. The number of hydrogen-bond donors (Lipinski definition) is 1. The van der Waals surface area contributed by atoms with E-state index in [0.717, 1.165) is 0 Å². The first kappa shape index (κ1) is 15.2. The first-order valence-electron chi connectivity index (χ1n) is 6.52. The normalized spacial score (nSPS) is 27.2. The van der Waals surface area contributed by atoms with Crippen LogP contribution in [-0.4, -0.2) is 46.8 Å². The molecule has 4 amide bonds. The summed E-state index contributed by atoms with van der Waals surface area (Å²) in [6.07, 6.45) is 0.613. The van der Waals surface area contributed by atoms with E-state index in [1.807, 2.05) is 20.8 Å². The lowest BCUT2D eigenvalue weighted by Crippen LogP contribution is -2.52. The molecule has 106 valence electrons. The largest absolute Gasteiger partial charge is 0.325 e. The summed E-state index contributed by atoms with van der Waals surface area (Å²) in [7, 11) is 1.67. The highest BCUT2D eigenvalue weighted by molar-refractivity contribution is 6.02. The minimum Gasteiger partial charge on any atom is -0.319 e. The standard InChI is InChI=1S/C11H15N3O3.C2H6/c1-6-7(2)14(11(17)13(6)3)8-4-5-9(15)12-10(8)16;1-2/h6,8H,2,4-5H2,1,3H3,(H,12,15,16);1-2H3. The highest BCUT2D eigenvalue weighted by Crippen LogP contribution is 2.28. The predicted molar refractivity (Wildman–Crippen MR) is 71.1 cm³/mol. The monoisotopic (exact) mass is 267 g/mol. The number of likely N-dealkylation sites (N-methyl/N-ethyl adjacent to an activating group) is 1. The van der Waals surface area contributed by atoms with Crippen LogP contribution in [0, 0.1) is 0 Å². The Morgan fingerprint density at radius 2 is 1.84 bits per heavy atom. The second kappa shape index (κ2) is 5.86. The number of piperidine rings is 1. The summed E-state index contributed by atoms with van der Waals surface area (Å²) >= 11 is 0. The van der Waals surface area contributed by atoms with Gasteiger partial charge in [-0.25, -0.2) is 4.79 Å². The lowest BCUT2D eigenvalue weighted by atomic mass is 10.0. The fourth-order valence-corrected chi connectivity index (χ4v) is 2.15. The van der Waals surface area contributed by atoms with Crippen LogP contribution in [0.1, 0.15) is 33.6 Å². The molecule has 1 N–H and O–H groups in total. The van der Waals surface area contributed by atoms with Gasteiger partial charge in [-0.2, -0.15) is 0 Å². The molecule has 0 aromatic rings. The Morgan fingerprint density at radius 1 is 1.26 bits per heavy atom. The zero-order chi connectivity index (χ0) is 14.7. The van der Waals surface area contributed by atoms with E-state index < -0.39 is 11.9 Å². The van der Waals surface area contributed by atoms with E-state index in [9.17, 15) is 14.4 Å². The zero-order valence-electron chi connectivity index (χ0n) is 11.9. The average Bonchev–Trinajstić information content (AvgIpc) is 2.58. The molecule has 2 heterocycles. The Balaban J connectivity index is 0.000000861. The maximum Gasteiger partial charge on any atom is 0.325 e. The van der Waals surface area contributed by atoms with Crippen LogP contribution in [0.25, 0.3) is 0 Å². The fourth-order valence-electron chi connectivity index (χ4n) is 2.15. The van der Waals surface area contributed by atoms with Crippen LogP contribution in [0.2, 0.25) is 0 Å². The Bertz CT molecular complexity index is 399. The Morgan fingerprint density at radius 3 is 2.26 bits per heavy atom. The third-order valence-electron chi connectivity index (χ3n) is 3.40. The molecule has 0 aromatic heterocycles. The van der Waals surface area contributed by atoms with E-state index in [2.05, 4.69) is 11.9 Å². The number of rotatable bonds is 1. The SMILES string of the molecule is C=C1C(C)N(C)C(=O)N1C1CCC(=O)NC1=O.CC. The number of hydrogen-bond acceptors (Lipinski definition) is 3. The molecule has 0 radical (unpaired) electrons. The van der Waals surface area contributed by atoms with Crippen molar-refractivity contribution >= 4 is 17.8 Å². The van der Waals surface area contributed by atoms with Crippen LogP contribution in [0.4, 0.5) is 4.79 Å². The van der Waals surface area contributed by atoms with Crippen molar-refractivity contribution in [3.63, 3.8) is 0 Å². The molecule has 0 spiro atoms. The minimum atomic E-state index is -0.611. The summed E-state index contributed by atoms with van der Waals surface area (Å²) < 4.78 is 0. The number of nitrogens with zero attached hydrogens (tertiary/aromatic N) is 2. The second-order valence-electron chi connectivity index (χ2n) is 4.40. The van der Waals surface area contributed by atoms with Gasteiger partial charge in [0.05, 0.1) is 6.04 Å². The maximum absolute atomic E-state index is 12.0. The predicted octanol–water partition coefficient (Wildman–Crippen LogP) is 1.09. The van der Waals surface area contributed by atoms with E-state index in [-0.39, 0.29) is 24.4 Å². The van der Waals surface area contributed by atoms with Crippen LogP contribution in [0.3, 0.4) is 0 Å². The number of urea groups is 1. The Labute approximate surface area is 113 Å². The van der Waals surface area contributed by atoms with Gasteiger partial charge in [0, 0.05) is 19.2 Å². The molecule has 2 saturated heterocycles. The lowest BCUT2D eigenvalue weighted by Gasteiger charge is -2.29. The number of imide groups is 1. The summed E-state index contributed by atoms with van der Waals surface area (Å²) in [6.45, 7) is 9.70. The van der Waals surface area contributed by atoms with Crippen LogP contribution in [0.5, 0.6) is 0 Å². The molecule has 6 heteroatoms. The van der Waals surface area contributed by atoms with Gasteiger partial charge in [0.25, 0.3) is 0 Å². The van der Waals surface area contributed by atoms with Gasteiger partial charge in [-0.05, 0) is 13.3 Å². The van der Waals surface area contributed by atoms with Crippen molar-refractivity contribution in [2.24, 2.45) is 0 Å². The summed E-state index contributed by atoms with van der Waals surface area (Å²) in [6, 6.07) is -0.968. The first-order valence-corrected chi connectivity index (χ1v) is 6.52. The molecule has 2 aliphatic heterocycles. The van der Waals surface area contributed by atoms with Crippen molar-refractivity contribution in [2.45, 2.75) is 45.7 Å². The minimum absolute atomic E-state index is 0.118. The van der Waals surface area contributed by atoms with Crippen molar-refractivity contribution in [3.05, 3.63) is 12.3 Å². The molecular formula is C13H21N3O3. The van der Waals surface area contributed by atoms with Gasteiger partial charge in [0.1, 0.15) is 6.04 Å². The molecule has 19 heavy (non-hydrogen) atoms. The van der Waals surface area contributed by atoms with Gasteiger partial charge in [0.15, 0.2) is 0 Å². The smallest absolute Gasteiger partial charge is 0.319 e. The van der Waals surface area contributed by atoms with E-state index in [4.69, 9.17) is 0 Å². The topological polar surface area (TPSA) is 69.7 Å². The summed E-state index contributed by atoms with van der Waals surface area (Å²) in [4.78, 5) is 37.7. The first-order chi connectivity index (χ1) is 8.93. The highest BCUT2D eigenvalue weighted by atomic mass is 16.2. The molecule has 2 aliphatic rings. The van der Waals surface area contributed by atoms with Crippen molar-refractivity contribution < 1.29 is 14.4 Å². The van der Waals surface area contributed by atoms with E-state index >= 15 is 0 Å². The van der Waals surface area contributed by atoms with Crippen molar-refractivity contribution in [2.75, 3.05) is 7.05 Å². The molecule has 0 bridgehead atoms. The number of amides is 4. The van der Waals surface area contributed by atoms with Crippen molar-refractivity contribution in [3.8, 4) is 0 Å². The van der Waals surface area contributed by atoms with Crippen LogP contribution in [-0.2, 0) is 9.59 Å². The van der Waals surface area contributed by atoms with Crippen molar-refractivity contribution in [1.82, 2.24) is 15.1 Å². The summed E-state index contributed by atoms with van der Waals surface area (Å²) in [5.74, 6) is -0.705. The van der Waals surface area contributed by atoms with Gasteiger partial charge in [0.2, 0.25) is 11.8 Å². The Hall–Kier alpha value is -1.85. The fraction of sp³-hybridized carbons (Fsp3) is 0.615. The highest BCUT2D eigenvalue weighted by Gasteiger charge is 2.43. The lowest BCUT2D eigenvalue weighted by molar-refractivity contribution is -0.136. The summed E-state index contributed by atoms with van der Waals surface area (Å²) in [5, 5.41) is 2.25. The van der Waals surface area contributed by atoms with Gasteiger partial charge >= 0.3 is 6.03 Å². The second-order valence-corrected chi connectivity index (χ2v) is 4.40. The number of carbonyl (C=O) groups excluding carboxylic acids is 3. The molecule has 0 saturated carbocycles. The van der Waals surface area contributed by atoms with Gasteiger partial charge in [-0.3, -0.25) is 19.8 Å². The molecule has 2 atom stereocenters. The Kier molecular flexibility index (Phi) is 4.69. The van der Waals surface area contributed by atoms with Crippen molar-refractivity contribution in [1.29, 1.82) is 0 Å². The van der Waals surface area contributed by atoms with Crippen LogP contribution < -0.4 is 5.32 Å². The molecule has 2 rings (SSSR count). The third-order valence-corrected chi connectivity index (χ3v) is 3.40. The molecule has 0 aromatic carbocycles. The number of carbonyl (C=O) groups is 3. The van der Waals surface area contributed by atoms with Crippen LogP contribution >= 0.6 is 0 Å². The van der Waals surface area contributed by atoms with Crippen LogP contribution in [0.15, 0.2) is 12.3 Å². The van der Waals surface area contributed by atoms with E-state index in [1.54, 1.807) is 7.05 Å². The van der Waals surface area contributed by atoms with Gasteiger partial charge in [-0.15, -0.1) is 0 Å². The molecular weight excluding hydrogens is 246 g/mol. The van der Waals surface area contributed by atoms with E-state index in [0.29, 0.717) is 12.1 Å². The van der Waals surface area contributed by atoms with E-state index in [1.165, 1.54) is 9.80 Å². The molecule has 2 fully saturated rings. The third kappa shape index (κ3) is 2.62. The summed E-state index contributed by atoms with van der Waals surface area (Å²) in [5.41, 5.74) is 0.604. The zero-order valence-corrected chi connectivity index (χ0v) is 11.9.